The number of halogens is 1. The van der Waals surface area contributed by atoms with Crippen LogP contribution in [0.25, 0.3) is 11.8 Å². The van der Waals surface area contributed by atoms with Gasteiger partial charge < -0.3 is 9.84 Å². The first-order chi connectivity index (χ1) is 15.1. The molecule has 158 valence electrons. The van der Waals surface area contributed by atoms with E-state index in [0.29, 0.717) is 11.3 Å². The smallest absolute Gasteiger partial charge is 0.238 e. The first kappa shape index (κ1) is 20.2. The number of rotatable bonds is 1. The van der Waals surface area contributed by atoms with E-state index < -0.39 is 50.7 Å². The molecule has 1 heterocycles. The van der Waals surface area contributed by atoms with Crippen molar-refractivity contribution in [3.05, 3.63) is 86.5 Å². The number of hydrogen-bond acceptors (Lipinski definition) is 6. The van der Waals surface area contributed by atoms with Crippen LogP contribution in [0.5, 0.6) is 5.75 Å². The number of Topliss-reactive ketones (excluding diaryl/α,β-unsaturated/α-hetero) is 4. The van der Waals surface area contributed by atoms with Gasteiger partial charge in [0.25, 0.3) is 0 Å². The third-order valence-corrected chi connectivity index (χ3v) is 6.06. The summed E-state index contributed by atoms with van der Waals surface area (Å²) in [5, 5.41) is 10.5. The van der Waals surface area contributed by atoms with Crippen LogP contribution < -0.4 is 4.74 Å². The van der Waals surface area contributed by atoms with Crippen LogP contribution in [0.1, 0.15) is 56.0 Å². The fourth-order valence-corrected chi connectivity index (χ4v) is 4.45. The number of carbonyl (C=O) groups excluding carboxylic acids is 4. The van der Waals surface area contributed by atoms with Crippen LogP contribution in [0.3, 0.4) is 0 Å². The van der Waals surface area contributed by atoms with Crippen LogP contribution in [-0.4, -0.2) is 33.8 Å². The van der Waals surface area contributed by atoms with E-state index in [0.717, 1.165) is 0 Å². The van der Waals surface area contributed by atoms with Crippen molar-refractivity contribution in [2.75, 3.05) is 0 Å². The average Bonchev–Trinajstić information content (AvgIpc) is 2.77. The van der Waals surface area contributed by atoms with Gasteiger partial charge in [0.1, 0.15) is 22.1 Å². The molecular formula is C25H15ClO6. The maximum Gasteiger partial charge on any atom is 0.238 e. The molecule has 0 spiro atoms. The second kappa shape index (κ2) is 6.61. The van der Waals surface area contributed by atoms with E-state index in [-0.39, 0.29) is 22.3 Å². The molecule has 6 nitrogen and oxygen atoms in total. The largest absolute Gasteiger partial charge is 0.506 e. The Morgan fingerprint density at radius 3 is 2.16 bits per heavy atom. The van der Waals surface area contributed by atoms with Gasteiger partial charge in [-0.05, 0) is 32.1 Å². The minimum atomic E-state index is -1.12. The van der Waals surface area contributed by atoms with Crippen molar-refractivity contribution in [3.8, 4) is 5.75 Å². The van der Waals surface area contributed by atoms with Gasteiger partial charge in [-0.1, -0.05) is 41.9 Å². The van der Waals surface area contributed by atoms with Crippen molar-refractivity contribution in [1.29, 1.82) is 0 Å². The molecule has 0 fully saturated rings. The third kappa shape index (κ3) is 2.66. The fourth-order valence-electron chi connectivity index (χ4n) is 4.17. The number of aliphatic hydroxyl groups is 1. The van der Waals surface area contributed by atoms with Gasteiger partial charge in [-0.25, -0.2) is 0 Å². The molecule has 0 unspecified atom stereocenters. The summed E-state index contributed by atoms with van der Waals surface area (Å²) in [6.45, 7) is 3.68. The van der Waals surface area contributed by atoms with Gasteiger partial charge in [0.15, 0.2) is 5.78 Å². The van der Waals surface area contributed by atoms with Gasteiger partial charge in [-0.2, -0.15) is 0 Å². The van der Waals surface area contributed by atoms with Crippen molar-refractivity contribution >= 4 is 46.6 Å². The number of fused-ring (bicyclic) bond motifs is 4. The zero-order valence-corrected chi connectivity index (χ0v) is 17.7. The zero-order chi connectivity index (χ0) is 22.9. The molecule has 0 aromatic heterocycles. The Morgan fingerprint density at radius 1 is 0.812 bits per heavy atom. The molecule has 3 aliphatic rings. The molecule has 0 bridgehead atoms. The summed E-state index contributed by atoms with van der Waals surface area (Å²) < 4.78 is 5.86. The van der Waals surface area contributed by atoms with Gasteiger partial charge >= 0.3 is 0 Å². The van der Waals surface area contributed by atoms with Gasteiger partial charge in [-0.15, -0.1) is 0 Å². The second-order valence-electron chi connectivity index (χ2n) is 8.21. The predicted molar refractivity (Wildman–Crippen MR) is 117 cm³/mol. The molecule has 1 aliphatic heterocycles. The molecule has 0 amide bonds. The normalized spacial score (nSPS) is 19.0. The van der Waals surface area contributed by atoms with Crippen LogP contribution in [0.15, 0.2) is 58.7 Å². The summed E-state index contributed by atoms with van der Waals surface area (Å²) in [5.41, 5.74) is -1.09. The Bertz CT molecular complexity index is 1400. The number of ketones is 4. The summed E-state index contributed by atoms with van der Waals surface area (Å²) in [5.74, 6) is -3.60. The highest BCUT2D eigenvalue weighted by atomic mass is 35.5. The van der Waals surface area contributed by atoms with E-state index in [9.17, 15) is 24.3 Å². The van der Waals surface area contributed by atoms with E-state index in [2.05, 4.69) is 0 Å². The van der Waals surface area contributed by atoms with E-state index in [1.54, 1.807) is 30.4 Å². The van der Waals surface area contributed by atoms with Crippen LogP contribution in [0, 0.1) is 0 Å². The quantitative estimate of drug-likeness (QED) is 0.649. The number of hydrogen-bond donors (Lipinski definition) is 1. The minimum Gasteiger partial charge on any atom is -0.506 e. The van der Waals surface area contributed by atoms with Crippen LogP contribution in [-0.2, 0) is 4.79 Å². The lowest BCUT2D eigenvalue weighted by atomic mass is 9.77. The maximum atomic E-state index is 13.2. The fraction of sp³-hybridized carbons (Fsp3) is 0.120. The van der Waals surface area contributed by atoms with Gasteiger partial charge in [-0.3, -0.25) is 19.2 Å². The van der Waals surface area contributed by atoms with Gasteiger partial charge in [0.2, 0.25) is 17.3 Å². The molecule has 5 rings (SSSR count). The Hall–Kier alpha value is -3.77. The highest BCUT2D eigenvalue weighted by Crippen LogP contribution is 2.43. The molecule has 0 saturated heterocycles. The van der Waals surface area contributed by atoms with Gasteiger partial charge in [0, 0.05) is 27.8 Å². The summed E-state index contributed by atoms with van der Waals surface area (Å²) in [6.07, 6.45) is 3.40. The first-order valence-corrected chi connectivity index (χ1v) is 10.2. The maximum absolute atomic E-state index is 13.2. The SMILES string of the molecule is CC1(C)C=Cc2c(ccc3c2C(=O)C(=O)C(C2=C(Cl)C(=O)c4ccccc4C2=O)=C3O)O1. The molecule has 7 heteroatoms. The summed E-state index contributed by atoms with van der Waals surface area (Å²) >= 11 is 6.21. The highest BCUT2D eigenvalue weighted by Gasteiger charge is 2.43. The lowest BCUT2D eigenvalue weighted by Crippen LogP contribution is -2.32. The standard InChI is InChI=1S/C25H15ClO6/c1-25(2)10-9-13-15(32-25)8-7-14-16(13)23(30)24(31)18(21(14)28)17-19(26)22(29)12-6-4-3-5-11(12)20(17)27/h3-10,28H,1-2H3. The molecule has 0 radical (unpaired) electrons. The minimum absolute atomic E-state index is 0.0211. The Balaban J connectivity index is 1.76. The molecule has 1 N–H and O–H groups in total. The Kier molecular flexibility index (Phi) is 4.16. The summed E-state index contributed by atoms with van der Waals surface area (Å²) in [4.78, 5) is 52.2. The first-order valence-electron chi connectivity index (χ1n) is 9.79. The van der Waals surface area contributed by atoms with Crippen molar-refractivity contribution < 1.29 is 29.0 Å². The molecule has 0 atom stereocenters. The molecule has 0 saturated carbocycles. The lowest BCUT2D eigenvalue weighted by Gasteiger charge is -2.30. The highest BCUT2D eigenvalue weighted by molar-refractivity contribution is 6.58. The van der Waals surface area contributed by atoms with Crippen molar-refractivity contribution in [1.82, 2.24) is 0 Å². The van der Waals surface area contributed by atoms with Crippen LogP contribution in [0.2, 0.25) is 0 Å². The summed E-state index contributed by atoms with van der Waals surface area (Å²) in [7, 11) is 0. The van der Waals surface area contributed by atoms with Gasteiger partial charge in [0.05, 0.1) is 11.1 Å². The Morgan fingerprint density at radius 2 is 1.47 bits per heavy atom. The number of carbonyl (C=O) groups is 4. The van der Waals surface area contributed by atoms with Crippen molar-refractivity contribution in [2.45, 2.75) is 19.4 Å². The van der Waals surface area contributed by atoms with Crippen molar-refractivity contribution in [3.63, 3.8) is 0 Å². The molecule has 2 aromatic rings. The number of aliphatic hydroxyl groups excluding tert-OH is 1. The molecule has 2 aromatic carbocycles. The molecule has 2 aliphatic carbocycles. The monoisotopic (exact) mass is 446 g/mol. The van der Waals surface area contributed by atoms with Crippen molar-refractivity contribution in [2.24, 2.45) is 0 Å². The Labute approximate surface area is 187 Å². The second-order valence-corrected chi connectivity index (χ2v) is 8.59. The topological polar surface area (TPSA) is 97.7 Å². The van der Waals surface area contributed by atoms with E-state index >= 15 is 0 Å². The molecule has 32 heavy (non-hydrogen) atoms. The average molecular weight is 447 g/mol. The predicted octanol–water partition coefficient (Wildman–Crippen LogP) is 4.48. The third-order valence-electron chi connectivity index (χ3n) is 5.69. The number of ether oxygens (including phenoxy) is 1. The van der Waals surface area contributed by atoms with E-state index in [1.165, 1.54) is 18.2 Å². The van der Waals surface area contributed by atoms with E-state index in [1.807, 2.05) is 13.8 Å². The lowest BCUT2D eigenvalue weighted by molar-refractivity contribution is -0.111. The van der Waals surface area contributed by atoms with E-state index in [4.69, 9.17) is 16.3 Å². The zero-order valence-electron chi connectivity index (χ0n) is 17.0. The van der Waals surface area contributed by atoms with Crippen LogP contribution in [0.4, 0.5) is 0 Å². The summed E-state index contributed by atoms with van der Waals surface area (Å²) in [6, 6.07) is 9.06. The molecular weight excluding hydrogens is 432 g/mol. The number of allylic oxidation sites excluding steroid dienone is 3. The van der Waals surface area contributed by atoms with Crippen LogP contribution >= 0.6 is 11.6 Å². The number of benzene rings is 2.